The molecular weight excluding hydrogens is 235 g/mol. The number of amides is 1. The van der Waals surface area contributed by atoms with Crippen LogP contribution in [-0.2, 0) is 0 Å². The van der Waals surface area contributed by atoms with E-state index < -0.39 is 5.91 Å². The highest BCUT2D eigenvalue weighted by molar-refractivity contribution is 6.01. The van der Waals surface area contributed by atoms with E-state index in [4.69, 9.17) is 0 Å². The summed E-state index contributed by atoms with van der Waals surface area (Å²) in [5.74, 6) is 0.553. The Labute approximate surface area is 102 Å². The van der Waals surface area contributed by atoms with E-state index in [1.54, 1.807) is 0 Å². The van der Waals surface area contributed by atoms with Crippen LogP contribution in [0.2, 0.25) is 0 Å². The number of nitrogens with one attached hydrogen (secondary N) is 2. The molecule has 0 atom stereocenters. The van der Waals surface area contributed by atoms with Gasteiger partial charge in [0.2, 0.25) is 5.82 Å². The van der Waals surface area contributed by atoms with Gasteiger partial charge in [-0.25, -0.2) is 9.37 Å². The Morgan fingerprint density at radius 1 is 1.33 bits per heavy atom. The van der Waals surface area contributed by atoms with Gasteiger partial charge in [0.15, 0.2) is 0 Å². The minimum atomic E-state index is -0.398. The van der Waals surface area contributed by atoms with Crippen molar-refractivity contribution >= 4 is 11.6 Å². The largest absolute Gasteiger partial charge is 0.319 e. The van der Waals surface area contributed by atoms with Crippen LogP contribution >= 0.6 is 0 Å². The number of H-pyrrole nitrogens is 1. The number of halogens is 1. The maximum absolute atomic E-state index is 12.7. The lowest BCUT2D eigenvalue weighted by atomic mass is 10.3. The minimum Gasteiger partial charge on any atom is -0.319 e. The summed E-state index contributed by atoms with van der Waals surface area (Å²) in [6.07, 6.45) is 2.18. The SMILES string of the molecule is O=C(Nc1ccc(F)cc1)c1n[nH]c(C2CC2)n1. The number of hydrogen-bond acceptors (Lipinski definition) is 3. The molecule has 0 radical (unpaired) electrons. The maximum Gasteiger partial charge on any atom is 0.295 e. The molecule has 18 heavy (non-hydrogen) atoms. The van der Waals surface area contributed by atoms with E-state index in [0.29, 0.717) is 11.6 Å². The van der Waals surface area contributed by atoms with E-state index in [9.17, 15) is 9.18 Å². The Morgan fingerprint density at radius 2 is 2.06 bits per heavy atom. The summed E-state index contributed by atoms with van der Waals surface area (Å²) >= 11 is 0. The van der Waals surface area contributed by atoms with E-state index in [0.717, 1.165) is 18.7 Å². The van der Waals surface area contributed by atoms with Gasteiger partial charge in [-0.2, -0.15) is 0 Å². The van der Waals surface area contributed by atoms with E-state index >= 15 is 0 Å². The van der Waals surface area contributed by atoms with Gasteiger partial charge in [0.1, 0.15) is 11.6 Å². The van der Waals surface area contributed by atoms with E-state index in [-0.39, 0.29) is 11.6 Å². The first-order chi connectivity index (χ1) is 8.72. The number of nitrogens with zero attached hydrogens (tertiary/aromatic N) is 2. The van der Waals surface area contributed by atoms with Crippen LogP contribution in [0.15, 0.2) is 24.3 Å². The van der Waals surface area contributed by atoms with Crippen molar-refractivity contribution in [2.24, 2.45) is 0 Å². The third-order valence-electron chi connectivity index (χ3n) is 2.77. The number of aromatic amines is 1. The summed E-state index contributed by atoms with van der Waals surface area (Å²) in [6.45, 7) is 0. The van der Waals surface area contributed by atoms with Crippen molar-refractivity contribution in [2.45, 2.75) is 18.8 Å². The van der Waals surface area contributed by atoms with Crippen molar-refractivity contribution in [1.29, 1.82) is 0 Å². The number of benzene rings is 1. The van der Waals surface area contributed by atoms with Gasteiger partial charge in [-0.15, -0.1) is 5.10 Å². The molecule has 0 aliphatic heterocycles. The third kappa shape index (κ3) is 2.22. The lowest BCUT2D eigenvalue weighted by molar-refractivity contribution is 0.101. The molecule has 2 aromatic rings. The molecule has 1 aromatic carbocycles. The number of aromatic nitrogens is 3. The monoisotopic (exact) mass is 246 g/mol. The second kappa shape index (κ2) is 4.21. The summed E-state index contributed by atoms with van der Waals surface area (Å²) in [4.78, 5) is 15.9. The Hall–Kier alpha value is -2.24. The third-order valence-corrected chi connectivity index (χ3v) is 2.77. The summed E-state index contributed by atoms with van der Waals surface area (Å²) in [5.41, 5.74) is 0.513. The lowest BCUT2D eigenvalue weighted by Gasteiger charge is -2.01. The maximum atomic E-state index is 12.7. The van der Waals surface area contributed by atoms with Crippen LogP contribution in [0.25, 0.3) is 0 Å². The molecule has 6 heteroatoms. The molecule has 2 N–H and O–H groups in total. The smallest absolute Gasteiger partial charge is 0.295 e. The zero-order chi connectivity index (χ0) is 12.5. The van der Waals surface area contributed by atoms with E-state index in [1.165, 1.54) is 24.3 Å². The highest BCUT2D eigenvalue weighted by Crippen LogP contribution is 2.37. The molecule has 0 bridgehead atoms. The van der Waals surface area contributed by atoms with Crippen molar-refractivity contribution in [2.75, 3.05) is 5.32 Å². The topological polar surface area (TPSA) is 70.7 Å². The van der Waals surface area contributed by atoms with Crippen LogP contribution in [0.4, 0.5) is 10.1 Å². The number of carbonyl (C=O) groups excluding carboxylic acids is 1. The molecule has 1 heterocycles. The molecule has 3 rings (SSSR count). The fourth-order valence-corrected chi connectivity index (χ4v) is 1.64. The van der Waals surface area contributed by atoms with Crippen LogP contribution in [-0.4, -0.2) is 21.1 Å². The fourth-order valence-electron chi connectivity index (χ4n) is 1.64. The van der Waals surface area contributed by atoms with Crippen LogP contribution in [0, 0.1) is 5.82 Å². The number of anilines is 1. The van der Waals surface area contributed by atoms with Gasteiger partial charge in [0.25, 0.3) is 5.91 Å². The van der Waals surface area contributed by atoms with Gasteiger partial charge in [-0.3, -0.25) is 9.89 Å². The summed E-state index contributed by atoms with van der Waals surface area (Å²) in [6, 6.07) is 5.54. The Balaban J connectivity index is 1.71. The predicted molar refractivity (Wildman–Crippen MR) is 62.7 cm³/mol. The first-order valence-corrected chi connectivity index (χ1v) is 5.71. The van der Waals surface area contributed by atoms with E-state index in [1.807, 2.05) is 0 Å². The van der Waals surface area contributed by atoms with Crippen LogP contribution in [0.3, 0.4) is 0 Å². The number of rotatable bonds is 3. The fraction of sp³-hybridized carbons (Fsp3) is 0.250. The molecule has 1 saturated carbocycles. The molecule has 1 aromatic heterocycles. The Kier molecular flexibility index (Phi) is 2.55. The molecular formula is C12H11FN4O. The van der Waals surface area contributed by atoms with Crippen molar-refractivity contribution < 1.29 is 9.18 Å². The quantitative estimate of drug-likeness (QED) is 0.870. The van der Waals surface area contributed by atoms with Gasteiger partial charge < -0.3 is 5.32 Å². The van der Waals surface area contributed by atoms with Crippen LogP contribution < -0.4 is 5.32 Å². The van der Waals surface area contributed by atoms with E-state index in [2.05, 4.69) is 20.5 Å². The van der Waals surface area contributed by atoms with Gasteiger partial charge in [-0.1, -0.05) is 0 Å². The normalized spacial score (nSPS) is 14.5. The zero-order valence-corrected chi connectivity index (χ0v) is 9.48. The second-order valence-electron chi connectivity index (χ2n) is 4.28. The molecule has 1 aliphatic rings. The van der Waals surface area contributed by atoms with Crippen molar-refractivity contribution in [3.8, 4) is 0 Å². The van der Waals surface area contributed by atoms with Crippen LogP contribution in [0.1, 0.15) is 35.2 Å². The molecule has 0 spiro atoms. The van der Waals surface area contributed by atoms with Gasteiger partial charge >= 0.3 is 0 Å². The van der Waals surface area contributed by atoms with Crippen LogP contribution in [0.5, 0.6) is 0 Å². The zero-order valence-electron chi connectivity index (χ0n) is 9.48. The molecule has 1 amide bonds. The van der Waals surface area contributed by atoms with Gasteiger partial charge in [0, 0.05) is 11.6 Å². The predicted octanol–water partition coefficient (Wildman–Crippen LogP) is 2.07. The molecule has 0 saturated heterocycles. The van der Waals surface area contributed by atoms with Crippen molar-refractivity contribution in [3.05, 3.63) is 41.7 Å². The molecule has 1 aliphatic carbocycles. The molecule has 92 valence electrons. The lowest BCUT2D eigenvalue weighted by Crippen LogP contribution is -2.13. The Morgan fingerprint density at radius 3 is 2.72 bits per heavy atom. The highest BCUT2D eigenvalue weighted by atomic mass is 19.1. The average Bonchev–Trinajstić information content (AvgIpc) is 3.10. The molecule has 1 fully saturated rings. The van der Waals surface area contributed by atoms with Crippen molar-refractivity contribution in [3.63, 3.8) is 0 Å². The Bertz CT molecular complexity index is 574. The molecule has 0 unspecified atom stereocenters. The molecule has 5 nitrogen and oxygen atoms in total. The summed E-state index contributed by atoms with van der Waals surface area (Å²) in [5, 5.41) is 9.24. The highest BCUT2D eigenvalue weighted by Gasteiger charge is 2.28. The standard InChI is InChI=1S/C12H11FN4O/c13-8-3-5-9(6-4-8)14-12(18)11-15-10(16-17-11)7-1-2-7/h3-7H,1-2H2,(H,14,18)(H,15,16,17). The van der Waals surface area contributed by atoms with Gasteiger partial charge in [0.05, 0.1) is 0 Å². The number of carbonyl (C=O) groups is 1. The van der Waals surface area contributed by atoms with Crippen molar-refractivity contribution in [1.82, 2.24) is 15.2 Å². The number of hydrogen-bond donors (Lipinski definition) is 2. The van der Waals surface area contributed by atoms with Gasteiger partial charge in [-0.05, 0) is 37.1 Å². The summed E-state index contributed by atoms with van der Waals surface area (Å²) in [7, 11) is 0. The first kappa shape index (κ1) is 10.9. The first-order valence-electron chi connectivity index (χ1n) is 5.71. The minimum absolute atomic E-state index is 0.112. The second-order valence-corrected chi connectivity index (χ2v) is 4.28. The summed E-state index contributed by atoms with van der Waals surface area (Å²) < 4.78 is 12.7. The average molecular weight is 246 g/mol.